The Kier molecular flexibility index (Phi) is 4.48. The van der Waals surface area contributed by atoms with Crippen molar-refractivity contribution in [3.8, 4) is 0 Å². The summed E-state index contributed by atoms with van der Waals surface area (Å²) in [6, 6.07) is 0.498. The van der Waals surface area contributed by atoms with E-state index in [2.05, 4.69) is 14.9 Å². The molecule has 1 aromatic rings. The fourth-order valence-corrected chi connectivity index (χ4v) is 5.92. The van der Waals surface area contributed by atoms with Crippen molar-refractivity contribution in [1.29, 1.82) is 0 Å². The molecule has 0 radical (unpaired) electrons. The lowest BCUT2D eigenvalue weighted by Gasteiger charge is -2.61. The maximum Gasteiger partial charge on any atom is 0.434 e. The van der Waals surface area contributed by atoms with Gasteiger partial charge >= 0.3 is 6.18 Å². The topological polar surface area (TPSA) is 75.6 Å². The van der Waals surface area contributed by atoms with Crippen LogP contribution in [0.5, 0.6) is 0 Å². The predicted octanol–water partition coefficient (Wildman–Crippen LogP) is 1.29. The Morgan fingerprint density at radius 3 is 2.37 bits per heavy atom. The maximum absolute atomic E-state index is 12.7. The SMILES string of the molecule is Cc1nc(C(F)(F)F)cnc1S(=O)(=O)N1CC2(CN(C3CCOCC3)C2)C1. The zero-order valence-corrected chi connectivity index (χ0v) is 15.7. The lowest BCUT2D eigenvalue weighted by Crippen LogP contribution is -2.74. The molecule has 0 N–H and O–H groups in total. The second-order valence-electron chi connectivity index (χ2n) is 7.67. The van der Waals surface area contributed by atoms with Gasteiger partial charge in [0.25, 0.3) is 10.0 Å². The van der Waals surface area contributed by atoms with Gasteiger partial charge in [0, 0.05) is 50.8 Å². The van der Waals surface area contributed by atoms with Gasteiger partial charge in [-0.3, -0.25) is 4.90 Å². The third-order valence-electron chi connectivity index (χ3n) is 5.58. The highest BCUT2D eigenvalue weighted by Gasteiger charge is 2.56. The van der Waals surface area contributed by atoms with E-state index in [4.69, 9.17) is 4.74 Å². The van der Waals surface area contributed by atoms with Gasteiger partial charge in [0.2, 0.25) is 0 Å². The smallest absolute Gasteiger partial charge is 0.381 e. The van der Waals surface area contributed by atoms with E-state index >= 15 is 0 Å². The summed E-state index contributed by atoms with van der Waals surface area (Å²) in [6.07, 6.45) is -2.18. The van der Waals surface area contributed by atoms with Crippen LogP contribution in [-0.4, -0.2) is 73.0 Å². The molecule has 4 rings (SSSR count). The number of rotatable bonds is 3. The summed E-state index contributed by atoms with van der Waals surface area (Å²) in [6.45, 7) is 5.21. The lowest BCUT2D eigenvalue weighted by atomic mass is 9.73. The van der Waals surface area contributed by atoms with Gasteiger partial charge in [-0.1, -0.05) is 0 Å². The number of halogens is 3. The first-order valence-corrected chi connectivity index (χ1v) is 10.3. The molecule has 0 aliphatic carbocycles. The van der Waals surface area contributed by atoms with Gasteiger partial charge in [-0.05, 0) is 19.8 Å². The maximum atomic E-state index is 12.7. The van der Waals surface area contributed by atoms with Crippen LogP contribution in [0.25, 0.3) is 0 Å². The van der Waals surface area contributed by atoms with Crippen molar-refractivity contribution in [3.63, 3.8) is 0 Å². The third kappa shape index (κ3) is 3.34. The average molecular weight is 406 g/mol. The molecule has 0 bridgehead atoms. The Hall–Kier alpha value is -1.30. The summed E-state index contributed by atoms with van der Waals surface area (Å²) in [5, 5.41) is -0.397. The van der Waals surface area contributed by atoms with E-state index in [1.54, 1.807) is 0 Å². The average Bonchev–Trinajstić information content (AvgIpc) is 2.52. The number of alkyl halides is 3. The number of nitrogens with zero attached hydrogens (tertiary/aromatic N) is 4. The molecule has 4 heterocycles. The number of aromatic nitrogens is 2. The third-order valence-corrected chi connectivity index (χ3v) is 7.41. The van der Waals surface area contributed by atoms with Crippen molar-refractivity contribution >= 4 is 10.0 Å². The summed E-state index contributed by atoms with van der Waals surface area (Å²) < 4.78 is 70.2. The first kappa shape index (κ1) is 19.0. The molecule has 150 valence electrons. The molecule has 1 spiro atoms. The molecule has 3 aliphatic heterocycles. The van der Waals surface area contributed by atoms with Crippen LogP contribution >= 0.6 is 0 Å². The van der Waals surface area contributed by atoms with Gasteiger partial charge in [-0.2, -0.15) is 17.5 Å². The Bertz CT molecular complexity index is 826. The molecule has 3 saturated heterocycles. The summed E-state index contributed by atoms with van der Waals surface area (Å²) >= 11 is 0. The number of hydrogen-bond acceptors (Lipinski definition) is 6. The van der Waals surface area contributed by atoms with Crippen molar-refractivity contribution in [1.82, 2.24) is 19.2 Å². The quantitative estimate of drug-likeness (QED) is 0.753. The minimum absolute atomic E-state index is 0.0430. The van der Waals surface area contributed by atoms with E-state index < -0.39 is 26.9 Å². The Balaban J connectivity index is 1.40. The van der Waals surface area contributed by atoms with E-state index in [1.165, 1.54) is 11.2 Å². The van der Waals surface area contributed by atoms with Crippen LogP contribution in [0.1, 0.15) is 24.2 Å². The molecule has 0 saturated carbocycles. The Labute approximate surface area is 155 Å². The second-order valence-corrected chi connectivity index (χ2v) is 9.52. The minimum Gasteiger partial charge on any atom is -0.381 e. The van der Waals surface area contributed by atoms with Crippen LogP contribution in [0.15, 0.2) is 11.2 Å². The van der Waals surface area contributed by atoms with Crippen LogP contribution in [0.3, 0.4) is 0 Å². The lowest BCUT2D eigenvalue weighted by molar-refractivity contribution is -0.141. The number of sulfonamides is 1. The van der Waals surface area contributed by atoms with Crippen molar-refractivity contribution in [2.75, 3.05) is 39.4 Å². The highest BCUT2D eigenvalue weighted by molar-refractivity contribution is 7.89. The minimum atomic E-state index is -4.65. The largest absolute Gasteiger partial charge is 0.434 e. The van der Waals surface area contributed by atoms with Gasteiger partial charge in [0.15, 0.2) is 10.7 Å². The van der Waals surface area contributed by atoms with Crippen molar-refractivity contribution in [2.24, 2.45) is 5.41 Å². The first-order valence-electron chi connectivity index (χ1n) is 8.84. The molecule has 3 aliphatic rings. The molecule has 0 atom stereocenters. The molecule has 0 aromatic carbocycles. The zero-order chi connectivity index (χ0) is 19.4. The number of aryl methyl sites for hydroxylation is 1. The van der Waals surface area contributed by atoms with Gasteiger partial charge in [-0.25, -0.2) is 18.4 Å². The van der Waals surface area contributed by atoms with Crippen LogP contribution < -0.4 is 0 Å². The summed E-state index contributed by atoms with van der Waals surface area (Å²) in [7, 11) is -3.93. The number of likely N-dealkylation sites (tertiary alicyclic amines) is 1. The molecular weight excluding hydrogens is 385 g/mol. The molecular formula is C16H21F3N4O3S. The normalized spacial score (nSPS) is 24.6. The number of hydrogen-bond donors (Lipinski definition) is 0. The molecule has 27 heavy (non-hydrogen) atoms. The molecule has 11 heteroatoms. The second kappa shape index (κ2) is 6.36. The standard InChI is InChI=1S/C16H21F3N4O3S/c1-11-14(20-6-13(21-11)16(17,18)19)27(24,25)23-9-15(10-23)7-22(8-15)12-2-4-26-5-3-12/h6,12H,2-5,7-10H2,1H3. The molecule has 3 fully saturated rings. The van der Waals surface area contributed by atoms with Crippen molar-refractivity contribution in [3.05, 3.63) is 17.6 Å². The predicted molar refractivity (Wildman–Crippen MR) is 88.4 cm³/mol. The van der Waals surface area contributed by atoms with Crippen LogP contribution in [0.4, 0.5) is 13.2 Å². The number of ether oxygens (including phenoxy) is 1. The van der Waals surface area contributed by atoms with Gasteiger partial charge in [-0.15, -0.1) is 0 Å². The summed E-state index contributed by atoms with van der Waals surface area (Å²) in [5.74, 6) is 0. The Morgan fingerprint density at radius 1 is 1.19 bits per heavy atom. The van der Waals surface area contributed by atoms with Gasteiger partial charge < -0.3 is 4.74 Å². The first-order chi connectivity index (χ1) is 12.6. The van der Waals surface area contributed by atoms with E-state index in [0.29, 0.717) is 25.3 Å². The Morgan fingerprint density at radius 2 is 1.81 bits per heavy atom. The summed E-state index contributed by atoms with van der Waals surface area (Å²) in [5.41, 5.74) is -1.47. The summed E-state index contributed by atoms with van der Waals surface area (Å²) in [4.78, 5) is 9.32. The monoisotopic (exact) mass is 406 g/mol. The van der Waals surface area contributed by atoms with E-state index in [1.807, 2.05) is 0 Å². The molecule has 0 amide bonds. The van der Waals surface area contributed by atoms with Crippen molar-refractivity contribution in [2.45, 2.75) is 37.0 Å². The van der Waals surface area contributed by atoms with E-state index in [9.17, 15) is 21.6 Å². The van der Waals surface area contributed by atoms with E-state index in [0.717, 1.165) is 39.1 Å². The van der Waals surface area contributed by atoms with E-state index in [-0.39, 0.29) is 11.1 Å². The highest BCUT2D eigenvalue weighted by Crippen LogP contribution is 2.44. The van der Waals surface area contributed by atoms with Crippen LogP contribution in [0.2, 0.25) is 0 Å². The van der Waals surface area contributed by atoms with Crippen LogP contribution in [0, 0.1) is 12.3 Å². The highest BCUT2D eigenvalue weighted by atomic mass is 32.2. The van der Waals surface area contributed by atoms with Gasteiger partial charge in [0.1, 0.15) is 0 Å². The van der Waals surface area contributed by atoms with Gasteiger partial charge in [0.05, 0.1) is 11.9 Å². The fraction of sp³-hybridized carbons (Fsp3) is 0.750. The molecule has 7 nitrogen and oxygen atoms in total. The van der Waals surface area contributed by atoms with Crippen molar-refractivity contribution < 1.29 is 26.3 Å². The fourth-order valence-electron chi connectivity index (χ4n) is 4.18. The molecule has 0 unspecified atom stereocenters. The van der Waals surface area contributed by atoms with Crippen LogP contribution in [-0.2, 0) is 20.9 Å². The molecule has 1 aromatic heterocycles. The zero-order valence-electron chi connectivity index (χ0n) is 14.9.